The van der Waals surface area contributed by atoms with Crippen LogP contribution < -0.4 is 5.32 Å². The first-order chi connectivity index (χ1) is 10.6. The number of alkyl halides is 3. The third kappa shape index (κ3) is 3.85. The summed E-state index contributed by atoms with van der Waals surface area (Å²) in [7, 11) is -5.39. The van der Waals surface area contributed by atoms with Crippen LogP contribution in [0, 0.1) is 5.92 Å². The first-order valence-corrected chi connectivity index (χ1v) is 8.83. The molecule has 8 heteroatoms. The fourth-order valence-electron chi connectivity index (χ4n) is 2.70. The summed E-state index contributed by atoms with van der Waals surface area (Å²) in [6.45, 7) is 2.04. The number of benzene rings is 1. The lowest BCUT2D eigenvalue weighted by Crippen LogP contribution is -2.41. The highest BCUT2D eigenvalue weighted by molar-refractivity contribution is 7.92. The molecular weight excluding hydrogens is 331 g/mol. The van der Waals surface area contributed by atoms with E-state index < -0.39 is 26.1 Å². The van der Waals surface area contributed by atoms with Crippen LogP contribution in [-0.2, 0) is 9.84 Å². The first kappa shape index (κ1) is 17.8. The molecule has 4 nitrogen and oxygen atoms in total. The SMILES string of the molecule is CC1CCCCC1NC(=O)c1ccc(S(=O)(=O)C(F)(F)F)cc1. The van der Waals surface area contributed by atoms with Gasteiger partial charge in [-0.2, -0.15) is 13.2 Å². The van der Waals surface area contributed by atoms with Crippen LogP contribution in [0.15, 0.2) is 29.2 Å². The third-order valence-corrected chi connectivity index (χ3v) is 5.66. The fraction of sp³-hybridized carbons (Fsp3) is 0.533. The molecule has 1 N–H and O–H groups in total. The summed E-state index contributed by atoms with van der Waals surface area (Å²) in [5, 5.41) is 2.86. The van der Waals surface area contributed by atoms with E-state index in [0.717, 1.165) is 49.9 Å². The Kier molecular flexibility index (Phi) is 5.03. The van der Waals surface area contributed by atoms with E-state index in [1.807, 2.05) is 6.92 Å². The van der Waals surface area contributed by atoms with Crippen molar-refractivity contribution in [3.8, 4) is 0 Å². The lowest BCUT2D eigenvalue weighted by molar-refractivity contribution is -0.0436. The minimum absolute atomic E-state index is 0.0369. The molecule has 1 aliphatic carbocycles. The molecule has 0 radical (unpaired) electrons. The summed E-state index contributed by atoms with van der Waals surface area (Å²) in [6, 6.07) is 3.85. The van der Waals surface area contributed by atoms with Crippen molar-refractivity contribution in [1.82, 2.24) is 5.32 Å². The van der Waals surface area contributed by atoms with Gasteiger partial charge in [0.15, 0.2) is 0 Å². The van der Waals surface area contributed by atoms with Crippen molar-refractivity contribution in [2.45, 2.75) is 49.1 Å². The van der Waals surface area contributed by atoms with Gasteiger partial charge in [-0.05, 0) is 43.0 Å². The van der Waals surface area contributed by atoms with E-state index in [1.54, 1.807) is 0 Å². The molecular formula is C15H18F3NO3S. The molecule has 0 heterocycles. The number of rotatable bonds is 3. The van der Waals surface area contributed by atoms with Gasteiger partial charge in [-0.25, -0.2) is 8.42 Å². The molecule has 0 bridgehead atoms. The summed E-state index contributed by atoms with van der Waals surface area (Å²) in [4.78, 5) is 11.3. The molecule has 1 fully saturated rings. The number of carbonyl (C=O) groups is 1. The van der Waals surface area contributed by atoms with Crippen molar-refractivity contribution in [1.29, 1.82) is 0 Å². The molecule has 2 rings (SSSR count). The van der Waals surface area contributed by atoms with E-state index in [0.29, 0.717) is 5.92 Å². The van der Waals surface area contributed by atoms with Gasteiger partial charge >= 0.3 is 5.51 Å². The number of hydrogen-bond donors (Lipinski definition) is 1. The number of hydrogen-bond acceptors (Lipinski definition) is 3. The molecule has 0 aliphatic heterocycles. The lowest BCUT2D eigenvalue weighted by Gasteiger charge is -2.29. The number of carbonyl (C=O) groups excluding carboxylic acids is 1. The van der Waals surface area contributed by atoms with E-state index >= 15 is 0 Å². The zero-order valence-electron chi connectivity index (χ0n) is 12.6. The van der Waals surface area contributed by atoms with Crippen molar-refractivity contribution >= 4 is 15.7 Å². The molecule has 1 saturated carbocycles. The van der Waals surface area contributed by atoms with Crippen LogP contribution in [0.2, 0.25) is 0 Å². The Morgan fingerprint density at radius 3 is 2.22 bits per heavy atom. The topological polar surface area (TPSA) is 63.2 Å². The van der Waals surface area contributed by atoms with E-state index in [4.69, 9.17) is 0 Å². The maximum absolute atomic E-state index is 12.5. The predicted octanol–water partition coefficient (Wildman–Crippen LogP) is 3.29. The zero-order valence-corrected chi connectivity index (χ0v) is 13.4. The lowest BCUT2D eigenvalue weighted by atomic mass is 9.86. The van der Waals surface area contributed by atoms with Crippen LogP contribution in [0.1, 0.15) is 43.0 Å². The van der Waals surface area contributed by atoms with Gasteiger partial charge in [0.1, 0.15) is 0 Å². The smallest absolute Gasteiger partial charge is 0.349 e. The van der Waals surface area contributed by atoms with Crippen molar-refractivity contribution < 1.29 is 26.4 Å². The molecule has 23 heavy (non-hydrogen) atoms. The average molecular weight is 349 g/mol. The largest absolute Gasteiger partial charge is 0.501 e. The van der Waals surface area contributed by atoms with E-state index in [9.17, 15) is 26.4 Å². The molecule has 2 unspecified atom stereocenters. The van der Waals surface area contributed by atoms with Gasteiger partial charge < -0.3 is 5.32 Å². The highest BCUT2D eigenvalue weighted by Gasteiger charge is 2.46. The average Bonchev–Trinajstić information content (AvgIpc) is 2.48. The van der Waals surface area contributed by atoms with Crippen molar-refractivity contribution in [3.63, 3.8) is 0 Å². The molecule has 1 aromatic carbocycles. The summed E-state index contributed by atoms with van der Waals surface area (Å²) < 4.78 is 59.9. The van der Waals surface area contributed by atoms with Gasteiger partial charge in [0, 0.05) is 11.6 Å². The second-order valence-electron chi connectivity index (χ2n) is 5.82. The highest BCUT2D eigenvalue weighted by Crippen LogP contribution is 2.30. The van der Waals surface area contributed by atoms with Gasteiger partial charge in [-0.1, -0.05) is 19.8 Å². The van der Waals surface area contributed by atoms with Crippen LogP contribution in [0.5, 0.6) is 0 Å². The Bertz CT molecular complexity index is 668. The number of amides is 1. The normalized spacial score (nSPS) is 22.6. The van der Waals surface area contributed by atoms with Crippen LogP contribution in [-0.4, -0.2) is 25.9 Å². The highest BCUT2D eigenvalue weighted by atomic mass is 32.2. The maximum Gasteiger partial charge on any atom is 0.501 e. The van der Waals surface area contributed by atoms with E-state index in [2.05, 4.69) is 5.32 Å². The number of halogens is 3. The molecule has 128 valence electrons. The maximum atomic E-state index is 12.5. The van der Waals surface area contributed by atoms with E-state index in [-0.39, 0.29) is 11.6 Å². The van der Waals surface area contributed by atoms with Gasteiger partial charge in [-0.3, -0.25) is 4.79 Å². The van der Waals surface area contributed by atoms with Gasteiger partial charge in [0.2, 0.25) is 0 Å². The summed E-state index contributed by atoms with van der Waals surface area (Å²) in [6.07, 6.45) is 4.04. The van der Waals surface area contributed by atoms with E-state index in [1.165, 1.54) is 0 Å². The summed E-state index contributed by atoms with van der Waals surface area (Å²) >= 11 is 0. The van der Waals surface area contributed by atoms with Crippen LogP contribution in [0.25, 0.3) is 0 Å². The summed E-state index contributed by atoms with van der Waals surface area (Å²) in [5.41, 5.74) is -5.21. The second kappa shape index (κ2) is 6.51. The van der Waals surface area contributed by atoms with Crippen LogP contribution in [0.3, 0.4) is 0 Å². The Balaban J connectivity index is 2.12. The fourth-order valence-corrected chi connectivity index (χ4v) is 3.46. The minimum Gasteiger partial charge on any atom is -0.349 e. The Morgan fingerprint density at radius 1 is 1.13 bits per heavy atom. The van der Waals surface area contributed by atoms with Gasteiger partial charge in [0.05, 0.1) is 4.90 Å². The van der Waals surface area contributed by atoms with Crippen molar-refractivity contribution in [3.05, 3.63) is 29.8 Å². The second-order valence-corrected chi connectivity index (χ2v) is 7.76. The Labute approximate surface area is 133 Å². The molecule has 0 saturated heterocycles. The van der Waals surface area contributed by atoms with Gasteiger partial charge in [0.25, 0.3) is 15.7 Å². The standard InChI is InChI=1S/C15H18F3NO3S/c1-10-4-2-3-5-13(10)19-14(20)11-6-8-12(9-7-11)23(21,22)15(16,17)18/h6-10,13H,2-5H2,1H3,(H,19,20). The molecule has 1 amide bonds. The van der Waals surface area contributed by atoms with Crippen molar-refractivity contribution in [2.75, 3.05) is 0 Å². The first-order valence-electron chi connectivity index (χ1n) is 7.35. The van der Waals surface area contributed by atoms with Crippen LogP contribution >= 0.6 is 0 Å². The molecule has 0 spiro atoms. The number of sulfone groups is 1. The van der Waals surface area contributed by atoms with Crippen molar-refractivity contribution in [2.24, 2.45) is 5.92 Å². The zero-order chi connectivity index (χ0) is 17.3. The third-order valence-electron chi connectivity index (χ3n) is 4.16. The Morgan fingerprint density at radius 2 is 1.70 bits per heavy atom. The quantitative estimate of drug-likeness (QED) is 0.911. The molecule has 2 atom stereocenters. The monoisotopic (exact) mass is 349 g/mol. The molecule has 1 aromatic rings. The number of nitrogens with one attached hydrogen (secondary N) is 1. The summed E-state index contributed by atoms with van der Waals surface area (Å²) in [5.74, 6) is -0.0581. The predicted molar refractivity (Wildman–Crippen MR) is 78.6 cm³/mol. The van der Waals surface area contributed by atoms with Crippen LogP contribution in [0.4, 0.5) is 13.2 Å². The Hall–Kier alpha value is -1.57. The minimum atomic E-state index is -5.39. The van der Waals surface area contributed by atoms with Gasteiger partial charge in [-0.15, -0.1) is 0 Å². The molecule has 0 aromatic heterocycles. The molecule has 1 aliphatic rings.